The van der Waals surface area contributed by atoms with Gasteiger partial charge in [0.25, 0.3) is 0 Å². The minimum Gasteiger partial charge on any atom is -0.497 e. The minimum absolute atomic E-state index is 0.102. The first-order valence-electron chi connectivity index (χ1n) is 11.4. The average Bonchev–Trinajstić information content (AvgIpc) is 2.82. The molecule has 0 heterocycles. The first kappa shape index (κ1) is 28.5. The van der Waals surface area contributed by atoms with E-state index in [4.69, 9.17) is 16.3 Å². The monoisotopic (exact) mass is 523 g/mol. The van der Waals surface area contributed by atoms with Crippen LogP contribution >= 0.6 is 11.6 Å². The lowest BCUT2D eigenvalue weighted by Crippen LogP contribution is -2.51. The SMILES string of the molecule is CCCCNC(=O)C(C)N(Cc1cccc(OC)c1)C(=O)CN(c1cccc(Cl)c1C)S(C)(=O)=O. The number of unbranched alkanes of at least 4 members (excludes halogenated alkanes) is 1. The third-order valence-electron chi connectivity index (χ3n) is 5.67. The van der Waals surface area contributed by atoms with Crippen molar-refractivity contribution in [1.82, 2.24) is 10.2 Å². The Morgan fingerprint density at radius 2 is 1.86 bits per heavy atom. The molecule has 0 aliphatic rings. The van der Waals surface area contributed by atoms with Gasteiger partial charge in [0.05, 0.1) is 19.1 Å². The highest BCUT2D eigenvalue weighted by molar-refractivity contribution is 7.92. The third kappa shape index (κ3) is 7.86. The van der Waals surface area contributed by atoms with Crippen LogP contribution in [0.15, 0.2) is 42.5 Å². The number of amides is 2. The molecule has 0 saturated carbocycles. The van der Waals surface area contributed by atoms with Crippen LogP contribution in [0.2, 0.25) is 5.02 Å². The number of halogens is 1. The second-order valence-electron chi connectivity index (χ2n) is 8.35. The van der Waals surface area contributed by atoms with Crippen molar-refractivity contribution in [3.63, 3.8) is 0 Å². The summed E-state index contributed by atoms with van der Waals surface area (Å²) >= 11 is 6.21. The maximum absolute atomic E-state index is 13.6. The molecule has 192 valence electrons. The molecule has 2 aromatic carbocycles. The van der Waals surface area contributed by atoms with Gasteiger partial charge in [-0.2, -0.15) is 0 Å². The number of carbonyl (C=O) groups excluding carboxylic acids is 2. The number of benzene rings is 2. The van der Waals surface area contributed by atoms with Crippen LogP contribution in [0, 0.1) is 6.92 Å². The number of anilines is 1. The summed E-state index contributed by atoms with van der Waals surface area (Å²) in [6.07, 6.45) is 2.77. The molecule has 0 radical (unpaired) electrons. The molecule has 0 aromatic heterocycles. The molecule has 35 heavy (non-hydrogen) atoms. The molecule has 0 aliphatic heterocycles. The molecule has 2 amide bonds. The second-order valence-corrected chi connectivity index (χ2v) is 10.7. The molecular formula is C25H34ClN3O5S. The van der Waals surface area contributed by atoms with E-state index in [1.807, 2.05) is 13.0 Å². The van der Waals surface area contributed by atoms with Crippen LogP contribution in [0.1, 0.15) is 37.8 Å². The second kappa shape index (κ2) is 12.8. The molecular weight excluding hydrogens is 490 g/mol. The zero-order valence-corrected chi connectivity index (χ0v) is 22.4. The number of methoxy groups -OCH3 is 1. The fourth-order valence-electron chi connectivity index (χ4n) is 3.55. The number of nitrogens with one attached hydrogen (secondary N) is 1. The van der Waals surface area contributed by atoms with E-state index >= 15 is 0 Å². The van der Waals surface area contributed by atoms with Gasteiger partial charge in [-0.05, 0) is 55.7 Å². The number of carbonyl (C=O) groups is 2. The topological polar surface area (TPSA) is 96.0 Å². The normalized spacial score (nSPS) is 12.1. The maximum atomic E-state index is 13.6. The minimum atomic E-state index is -3.83. The van der Waals surface area contributed by atoms with Gasteiger partial charge in [-0.15, -0.1) is 0 Å². The fourth-order valence-corrected chi connectivity index (χ4v) is 4.62. The van der Waals surface area contributed by atoms with Crippen LogP contribution in [0.25, 0.3) is 0 Å². The number of nitrogens with zero attached hydrogens (tertiary/aromatic N) is 2. The molecule has 2 aromatic rings. The number of ether oxygens (including phenoxy) is 1. The van der Waals surface area contributed by atoms with Crippen LogP contribution in [-0.2, 0) is 26.2 Å². The van der Waals surface area contributed by atoms with E-state index in [0.717, 1.165) is 29.0 Å². The molecule has 10 heteroatoms. The highest BCUT2D eigenvalue weighted by atomic mass is 35.5. The van der Waals surface area contributed by atoms with E-state index in [9.17, 15) is 18.0 Å². The van der Waals surface area contributed by atoms with Crippen molar-refractivity contribution < 1.29 is 22.7 Å². The van der Waals surface area contributed by atoms with Crippen molar-refractivity contribution in [2.45, 2.75) is 46.2 Å². The molecule has 0 aliphatic carbocycles. The lowest BCUT2D eigenvalue weighted by Gasteiger charge is -2.32. The molecule has 0 bridgehead atoms. The first-order chi connectivity index (χ1) is 16.5. The quantitative estimate of drug-likeness (QED) is 0.427. The molecule has 1 N–H and O–H groups in total. The molecule has 1 unspecified atom stereocenters. The molecule has 2 rings (SSSR count). The Morgan fingerprint density at radius 1 is 1.17 bits per heavy atom. The Bertz CT molecular complexity index is 1140. The highest BCUT2D eigenvalue weighted by Crippen LogP contribution is 2.28. The van der Waals surface area contributed by atoms with E-state index in [1.165, 1.54) is 4.90 Å². The van der Waals surface area contributed by atoms with Crippen molar-refractivity contribution in [2.24, 2.45) is 0 Å². The molecule has 1 atom stereocenters. The van der Waals surface area contributed by atoms with Gasteiger partial charge in [0, 0.05) is 18.1 Å². The predicted molar refractivity (Wildman–Crippen MR) is 139 cm³/mol. The zero-order chi connectivity index (χ0) is 26.2. The van der Waals surface area contributed by atoms with E-state index in [2.05, 4.69) is 5.32 Å². The Morgan fingerprint density at radius 3 is 2.49 bits per heavy atom. The largest absolute Gasteiger partial charge is 0.497 e. The summed E-state index contributed by atoms with van der Waals surface area (Å²) in [7, 11) is -2.28. The number of hydrogen-bond donors (Lipinski definition) is 1. The summed E-state index contributed by atoms with van der Waals surface area (Å²) < 4.78 is 31.7. The van der Waals surface area contributed by atoms with Gasteiger partial charge in [0.15, 0.2) is 0 Å². The lowest BCUT2D eigenvalue weighted by molar-refractivity contribution is -0.139. The molecule has 0 fully saturated rings. The Hall–Kier alpha value is -2.78. The van der Waals surface area contributed by atoms with Crippen molar-refractivity contribution in [3.05, 3.63) is 58.6 Å². The fraction of sp³-hybridized carbons (Fsp3) is 0.440. The van der Waals surface area contributed by atoms with Crippen LogP contribution in [0.5, 0.6) is 5.75 Å². The number of hydrogen-bond acceptors (Lipinski definition) is 5. The van der Waals surface area contributed by atoms with Crippen molar-refractivity contribution in [1.29, 1.82) is 0 Å². The lowest BCUT2D eigenvalue weighted by atomic mass is 10.1. The van der Waals surface area contributed by atoms with Gasteiger partial charge < -0.3 is 15.0 Å². The number of rotatable bonds is 12. The smallest absolute Gasteiger partial charge is 0.244 e. The molecule has 0 spiro atoms. The first-order valence-corrected chi connectivity index (χ1v) is 13.6. The van der Waals surface area contributed by atoms with Crippen LogP contribution in [-0.4, -0.2) is 57.6 Å². The van der Waals surface area contributed by atoms with E-state index < -0.39 is 28.5 Å². The molecule has 0 saturated heterocycles. The van der Waals surface area contributed by atoms with Gasteiger partial charge >= 0.3 is 0 Å². The van der Waals surface area contributed by atoms with Gasteiger partial charge in [0.1, 0.15) is 18.3 Å². The van der Waals surface area contributed by atoms with Gasteiger partial charge in [-0.3, -0.25) is 13.9 Å². The van der Waals surface area contributed by atoms with Crippen molar-refractivity contribution in [3.8, 4) is 5.75 Å². The van der Waals surface area contributed by atoms with Crippen LogP contribution < -0.4 is 14.4 Å². The Labute approximate surface area is 213 Å². The van der Waals surface area contributed by atoms with E-state index in [0.29, 0.717) is 28.6 Å². The average molecular weight is 524 g/mol. The van der Waals surface area contributed by atoms with E-state index in [1.54, 1.807) is 57.4 Å². The van der Waals surface area contributed by atoms with Crippen molar-refractivity contribution in [2.75, 3.05) is 30.8 Å². The summed E-state index contributed by atoms with van der Waals surface area (Å²) in [5.41, 5.74) is 1.60. The van der Waals surface area contributed by atoms with Gasteiger partial charge in [-0.1, -0.05) is 43.1 Å². The standard InChI is InChI=1S/C25H34ClN3O5S/c1-6-7-14-27-25(31)19(3)28(16-20-10-8-11-21(15-20)34-4)24(30)17-29(35(5,32)33)23-13-9-12-22(26)18(23)2/h8-13,15,19H,6-7,14,16-17H2,1-5H3,(H,27,31). The zero-order valence-electron chi connectivity index (χ0n) is 20.9. The summed E-state index contributed by atoms with van der Waals surface area (Å²) in [6.45, 7) is 5.47. The Balaban J connectivity index is 2.41. The third-order valence-corrected chi connectivity index (χ3v) is 7.21. The number of sulfonamides is 1. The van der Waals surface area contributed by atoms with Gasteiger partial charge in [-0.25, -0.2) is 8.42 Å². The summed E-state index contributed by atoms with van der Waals surface area (Å²) in [6, 6.07) is 11.2. The van der Waals surface area contributed by atoms with Crippen molar-refractivity contribution >= 4 is 39.1 Å². The Kier molecular flexibility index (Phi) is 10.4. The van der Waals surface area contributed by atoms with Gasteiger partial charge in [0.2, 0.25) is 21.8 Å². The molecule has 8 nitrogen and oxygen atoms in total. The van der Waals surface area contributed by atoms with Crippen LogP contribution in [0.3, 0.4) is 0 Å². The summed E-state index contributed by atoms with van der Waals surface area (Å²) in [4.78, 5) is 27.8. The highest BCUT2D eigenvalue weighted by Gasteiger charge is 2.30. The maximum Gasteiger partial charge on any atom is 0.244 e. The predicted octanol–water partition coefficient (Wildman–Crippen LogP) is 3.76. The summed E-state index contributed by atoms with van der Waals surface area (Å²) in [5, 5.41) is 3.24. The van der Waals surface area contributed by atoms with Crippen LogP contribution in [0.4, 0.5) is 5.69 Å². The summed E-state index contributed by atoms with van der Waals surface area (Å²) in [5.74, 6) is -0.211. The van der Waals surface area contributed by atoms with E-state index in [-0.39, 0.29) is 12.5 Å².